The highest BCUT2D eigenvalue weighted by molar-refractivity contribution is 6.06. The molecule has 126 valence electrons. The predicted molar refractivity (Wildman–Crippen MR) is 89.5 cm³/mol. The molecule has 1 fully saturated rings. The lowest BCUT2D eigenvalue weighted by molar-refractivity contribution is 0.0256. The van der Waals surface area contributed by atoms with E-state index in [1.807, 2.05) is 24.3 Å². The fourth-order valence-corrected chi connectivity index (χ4v) is 3.29. The van der Waals surface area contributed by atoms with Gasteiger partial charge in [-0.15, -0.1) is 0 Å². The Morgan fingerprint density at radius 1 is 1.25 bits per heavy atom. The SMILES string of the molecule is O=C(c1ccc(OC2CCOCC2)cc1)N1CCCc2[nH]ncc21. The van der Waals surface area contributed by atoms with Gasteiger partial charge in [-0.05, 0) is 37.1 Å². The number of anilines is 1. The first-order valence-electron chi connectivity index (χ1n) is 8.50. The van der Waals surface area contributed by atoms with Gasteiger partial charge in [0.2, 0.25) is 0 Å². The fraction of sp³-hybridized carbons (Fsp3) is 0.444. The topological polar surface area (TPSA) is 67.5 Å². The van der Waals surface area contributed by atoms with Crippen molar-refractivity contribution in [3.63, 3.8) is 0 Å². The van der Waals surface area contributed by atoms with Gasteiger partial charge in [0, 0.05) is 24.9 Å². The first-order chi connectivity index (χ1) is 11.8. The number of hydrogen-bond donors (Lipinski definition) is 1. The van der Waals surface area contributed by atoms with Gasteiger partial charge in [0.1, 0.15) is 11.9 Å². The van der Waals surface area contributed by atoms with Crippen molar-refractivity contribution in [1.82, 2.24) is 10.2 Å². The highest BCUT2D eigenvalue weighted by Gasteiger charge is 2.25. The van der Waals surface area contributed by atoms with Crippen LogP contribution in [0.2, 0.25) is 0 Å². The van der Waals surface area contributed by atoms with E-state index < -0.39 is 0 Å². The van der Waals surface area contributed by atoms with Crippen LogP contribution in [-0.4, -0.2) is 42.0 Å². The molecule has 0 radical (unpaired) electrons. The summed E-state index contributed by atoms with van der Waals surface area (Å²) in [4.78, 5) is 14.6. The zero-order valence-corrected chi connectivity index (χ0v) is 13.5. The summed E-state index contributed by atoms with van der Waals surface area (Å²) < 4.78 is 11.3. The van der Waals surface area contributed by atoms with E-state index in [0.29, 0.717) is 5.56 Å². The number of nitrogens with one attached hydrogen (secondary N) is 1. The van der Waals surface area contributed by atoms with E-state index in [9.17, 15) is 4.79 Å². The van der Waals surface area contributed by atoms with Gasteiger partial charge < -0.3 is 14.4 Å². The van der Waals surface area contributed by atoms with Crippen molar-refractivity contribution in [2.24, 2.45) is 0 Å². The number of aromatic amines is 1. The maximum Gasteiger partial charge on any atom is 0.258 e. The van der Waals surface area contributed by atoms with Crippen LogP contribution < -0.4 is 9.64 Å². The summed E-state index contributed by atoms with van der Waals surface area (Å²) in [6.07, 6.45) is 5.66. The Kier molecular flexibility index (Phi) is 4.21. The molecule has 1 saturated heterocycles. The quantitative estimate of drug-likeness (QED) is 0.941. The number of aryl methyl sites for hydroxylation is 1. The third-order valence-corrected chi connectivity index (χ3v) is 4.61. The van der Waals surface area contributed by atoms with Crippen LogP contribution in [0.3, 0.4) is 0 Å². The molecule has 2 aliphatic heterocycles. The van der Waals surface area contributed by atoms with Crippen LogP contribution in [0, 0.1) is 0 Å². The molecule has 0 bridgehead atoms. The minimum absolute atomic E-state index is 0.00923. The Bertz CT molecular complexity index is 705. The van der Waals surface area contributed by atoms with Gasteiger partial charge in [-0.25, -0.2) is 0 Å². The molecule has 0 spiro atoms. The number of carbonyl (C=O) groups is 1. The summed E-state index contributed by atoms with van der Waals surface area (Å²) in [7, 11) is 0. The van der Waals surface area contributed by atoms with Crippen molar-refractivity contribution in [1.29, 1.82) is 0 Å². The predicted octanol–water partition coefficient (Wildman–Crippen LogP) is 2.56. The van der Waals surface area contributed by atoms with Gasteiger partial charge in [-0.3, -0.25) is 9.89 Å². The molecule has 0 saturated carbocycles. The fourth-order valence-electron chi connectivity index (χ4n) is 3.29. The number of nitrogens with zero attached hydrogens (tertiary/aromatic N) is 2. The van der Waals surface area contributed by atoms with Gasteiger partial charge in [-0.1, -0.05) is 0 Å². The van der Waals surface area contributed by atoms with Gasteiger partial charge in [-0.2, -0.15) is 5.10 Å². The first kappa shape index (κ1) is 15.2. The van der Waals surface area contributed by atoms with E-state index in [4.69, 9.17) is 9.47 Å². The summed E-state index contributed by atoms with van der Waals surface area (Å²) in [5.74, 6) is 0.816. The van der Waals surface area contributed by atoms with E-state index in [-0.39, 0.29) is 12.0 Å². The molecule has 24 heavy (non-hydrogen) atoms. The van der Waals surface area contributed by atoms with Crippen molar-refractivity contribution < 1.29 is 14.3 Å². The van der Waals surface area contributed by atoms with Crippen LogP contribution in [0.5, 0.6) is 5.75 Å². The van der Waals surface area contributed by atoms with Crippen LogP contribution in [0.1, 0.15) is 35.3 Å². The van der Waals surface area contributed by atoms with Crippen molar-refractivity contribution in [3.8, 4) is 5.75 Å². The molecular weight excluding hydrogens is 306 g/mol. The number of ether oxygens (including phenoxy) is 2. The van der Waals surface area contributed by atoms with Crippen LogP contribution in [0.15, 0.2) is 30.5 Å². The lowest BCUT2D eigenvalue weighted by atomic mass is 10.1. The zero-order valence-electron chi connectivity index (χ0n) is 13.5. The lowest BCUT2D eigenvalue weighted by Crippen LogP contribution is -2.35. The van der Waals surface area contributed by atoms with E-state index in [1.54, 1.807) is 11.1 Å². The molecule has 1 N–H and O–H groups in total. The molecule has 2 aromatic rings. The van der Waals surface area contributed by atoms with Gasteiger partial charge >= 0.3 is 0 Å². The molecule has 6 nitrogen and oxygen atoms in total. The first-order valence-corrected chi connectivity index (χ1v) is 8.50. The minimum Gasteiger partial charge on any atom is -0.490 e. The van der Waals surface area contributed by atoms with Gasteiger partial charge in [0.15, 0.2) is 0 Å². The standard InChI is InChI=1S/C18H21N3O3/c22-18(21-9-1-2-16-17(21)12-19-20-16)13-3-5-14(6-4-13)24-15-7-10-23-11-8-15/h3-6,12,15H,1-2,7-11H2,(H,19,20). The molecule has 1 amide bonds. The smallest absolute Gasteiger partial charge is 0.258 e. The van der Waals surface area contributed by atoms with Crippen LogP contribution >= 0.6 is 0 Å². The van der Waals surface area contributed by atoms with Crippen LogP contribution in [0.25, 0.3) is 0 Å². The normalized spacial score (nSPS) is 18.2. The van der Waals surface area contributed by atoms with Crippen LogP contribution in [0.4, 0.5) is 5.69 Å². The third-order valence-electron chi connectivity index (χ3n) is 4.61. The second-order valence-corrected chi connectivity index (χ2v) is 6.25. The lowest BCUT2D eigenvalue weighted by Gasteiger charge is -2.26. The second kappa shape index (κ2) is 6.65. The second-order valence-electron chi connectivity index (χ2n) is 6.25. The Balaban J connectivity index is 1.46. The molecule has 1 aromatic heterocycles. The summed E-state index contributed by atoms with van der Waals surface area (Å²) in [5.41, 5.74) is 2.60. The van der Waals surface area contributed by atoms with Crippen molar-refractivity contribution in [2.45, 2.75) is 31.8 Å². The van der Waals surface area contributed by atoms with Crippen molar-refractivity contribution in [2.75, 3.05) is 24.7 Å². The van der Waals surface area contributed by atoms with E-state index in [1.165, 1.54) is 0 Å². The number of carbonyl (C=O) groups excluding carboxylic acids is 1. The zero-order chi connectivity index (χ0) is 16.4. The number of hydrogen-bond acceptors (Lipinski definition) is 4. The van der Waals surface area contributed by atoms with Crippen molar-refractivity contribution >= 4 is 11.6 Å². The summed E-state index contributed by atoms with van der Waals surface area (Å²) in [6, 6.07) is 7.43. The van der Waals surface area contributed by atoms with E-state index >= 15 is 0 Å². The Morgan fingerprint density at radius 3 is 2.83 bits per heavy atom. The number of benzene rings is 1. The van der Waals surface area contributed by atoms with Gasteiger partial charge in [0.25, 0.3) is 5.91 Å². The number of H-pyrrole nitrogens is 1. The molecule has 1 aromatic carbocycles. The highest BCUT2D eigenvalue weighted by atomic mass is 16.5. The molecule has 2 aliphatic rings. The Morgan fingerprint density at radius 2 is 2.04 bits per heavy atom. The number of amides is 1. The van der Waals surface area contributed by atoms with E-state index in [0.717, 1.165) is 62.6 Å². The average molecular weight is 327 g/mol. The minimum atomic E-state index is 0.00923. The highest BCUT2D eigenvalue weighted by Crippen LogP contribution is 2.27. The number of rotatable bonds is 3. The number of fused-ring (bicyclic) bond motifs is 1. The van der Waals surface area contributed by atoms with E-state index in [2.05, 4.69) is 10.2 Å². The van der Waals surface area contributed by atoms with Gasteiger partial charge in [0.05, 0.1) is 30.8 Å². The average Bonchev–Trinajstić information content (AvgIpc) is 3.11. The molecule has 0 aliphatic carbocycles. The Labute approximate surface area is 140 Å². The van der Waals surface area contributed by atoms with Crippen LogP contribution in [-0.2, 0) is 11.2 Å². The molecule has 3 heterocycles. The maximum absolute atomic E-state index is 12.8. The monoisotopic (exact) mass is 327 g/mol. The molecule has 0 unspecified atom stereocenters. The molecule has 6 heteroatoms. The molecule has 4 rings (SSSR count). The molecular formula is C18H21N3O3. The Hall–Kier alpha value is -2.34. The third kappa shape index (κ3) is 3.01. The number of aromatic nitrogens is 2. The molecule has 0 atom stereocenters. The summed E-state index contributed by atoms with van der Waals surface area (Å²) in [6.45, 7) is 2.23. The largest absolute Gasteiger partial charge is 0.490 e. The summed E-state index contributed by atoms with van der Waals surface area (Å²) >= 11 is 0. The van der Waals surface area contributed by atoms with Crippen molar-refractivity contribution in [3.05, 3.63) is 41.7 Å². The maximum atomic E-state index is 12.8. The summed E-state index contributed by atoms with van der Waals surface area (Å²) in [5, 5.41) is 7.03.